The average molecular weight is 521 g/mol. The molecule has 0 bridgehead atoms. The summed E-state index contributed by atoms with van der Waals surface area (Å²) in [5.74, 6) is -2.39. The third-order valence-electron chi connectivity index (χ3n) is 5.63. The predicted molar refractivity (Wildman–Crippen MR) is 147 cm³/mol. The fourth-order valence-electron chi connectivity index (χ4n) is 3.70. The van der Waals surface area contributed by atoms with Crippen molar-refractivity contribution in [2.24, 2.45) is 0 Å². The van der Waals surface area contributed by atoms with Crippen LogP contribution < -0.4 is 10.6 Å². The van der Waals surface area contributed by atoms with E-state index in [-0.39, 0.29) is 18.5 Å². The molecule has 2 unspecified atom stereocenters. The van der Waals surface area contributed by atoms with E-state index in [1.807, 2.05) is 30.3 Å². The molecule has 0 radical (unpaired) electrons. The van der Waals surface area contributed by atoms with Crippen LogP contribution in [0.25, 0.3) is 10.8 Å². The molecule has 0 aromatic heterocycles. The number of nitrogens with one attached hydrogen (secondary N) is 2. The van der Waals surface area contributed by atoms with E-state index >= 15 is 0 Å². The van der Waals surface area contributed by atoms with E-state index in [1.165, 1.54) is 23.3 Å². The number of ketones is 1. The van der Waals surface area contributed by atoms with Crippen molar-refractivity contribution in [1.82, 2.24) is 10.6 Å². The van der Waals surface area contributed by atoms with E-state index in [4.69, 9.17) is 5.11 Å². The Morgan fingerprint density at radius 2 is 1.42 bits per heavy atom. The summed E-state index contributed by atoms with van der Waals surface area (Å²) < 4.78 is 4.63. The third kappa shape index (κ3) is 12.3. The fraction of sp³-hybridized carbons (Fsp3) is 0.333. The Bertz CT molecular complexity index is 1120. The lowest BCUT2D eigenvalue weighted by Crippen LogP contribution is -2.47. The van der Waals surface area contributed by atoms with E-state index in [9.17, 15) is 19.2 Å². The highest BCUT2D eigenvalue weighted by atomic mass is 16.5. The predicted octanol–water partition coefficient (Wildman–Crippen LogP) is 3.92. The molecule has 0 aliphatic rings. The molecule has 1 amide bonds. The van der Waals surface area contributed by atoms with Crippen LogP contribution >= 0.6 is 0 Å². The van der Waals surface area contributed by atoms with Gasteiger partial charge in [0, 0.05) is 25.9 Å². The van der Waals surface area contributed by atoms with Gasteiger partial charge in [0.1, 0.15) is 0 Å². The smallest absolute Gasteiger partial charge is 0.305 e. The van der Waals surface area contributed by atoms with Gasteiger partial charge in [-0.05, 0) is 36.1 Å². The van der Waals surface area contributed by atoms with Gasteiger partial charge >= 0.3 is 11.9 Å². The van der Waals surface area contributed by atoms with E-state index in [0.717, 1.165) is 12.8 Å². The number of carbonyl (C=O) groups is 4. The van der Waals surface area contributed by atoms with Gasteiger partial charge in [0.05, 0.1) is 12.5 Å². The van der Waals surface area contributed by atoms with Crippen molar-refractivity contribution in [2.45, 2.75) is 51.6 Å². The van der Waals surface area contributed by atoms with Crippen molar-refractivity contribution in [3.8, 4) is 0 Å². The lowest BCUT2D eigenvalue weighted by Gasteiger charge is -2.20. The lowest BCUT2D eigenvalue weighted by molar-refractivity contribution is -0.147. The second-order valence-electron chi connectivity index (χ2n) is 8.96. The number of aryl methyl sites for hydroxylation is 1. The van der Waals surface area contributed by atoms with Crippen LogP contribution in [0, 0.1) is 0 Å². The minimum Gasteiger partial charge on any atom is -0.481 e. The van der Waals surface area contributed by atoms with Crippen LogP contribution in [0.1, 0.15) is 38.7 Å². The molecule has 8 heteroatoms. The number of Topliss-reactive ketones (excluding diaryl/α,β-unsaturated/α-hetero) is 1. The highest BCUT2D eigenvalue weighted by molar-refractivity contribution is 5.90. The zero-order valence-corrected chi connectivity index (χ0v) is 21.9. The maximum atomic E-state index is 12.0. The van der Waals surface area contributed by atoms with Crippen molar-refractivity contribution < 1.29 is 29.0 Å². The first kappa shape index (κ1) is 30.2. The fourth-order valence-corrected chi connectivity index (χ4v) is 3.70. The summed E-state index contributed by atoms with van der Waals surface area (Å²) in [6.45, 7) is 2.66. The molecule has 3 aromatic rings. The molecule has 202 valence electrons. The lowest BCUT2D eigenvalue weighted by atomic mass is 10.1. The molecule has 3 rings (SSSR count). The van der Waals surface area contributed by atoms with Gasteiger partial charge in [0.15, 0.2) is 12.4 Å². The van der Waals surface area contributed by atoms with Gasteiger partial charge in [-0.15, -0.1) is 0 Å². The number of rotatable bonds is 13. The third-order valence-corrected chi connectivity index (χ3v) is 5.63. The van der Waals surface area contributed by atoms with Crippen LogP contribution in [0.3, 0.4) is 0 Å². The Morgan fingerprint density at radius 3 is 1.95 bits per heavy atom. The Labute approximate surface area is 223 Å². The number of carbonyl (C=O) groups excluding carboxylic acids is 3. The molecule has 3 aromatic carbocycles. The molecule has 0 aliphatic heterocycles. The number of ether oxygens (including phenoxy) is 1. The number of esters is 1. The maximum Gasteiger partial charge on any atom is 0.305 e. The topological polar surface area (TPSA) is 122 Å². The first-order valence-corrected chi connectivity index (χ1v) is 12.6. The Hall–Kier alpha value is -4.04. The number of aliphatic carboxylic acids is 1. The highest BCUT2D eigenvalue weighted by Crippen LogP contribution is 2.11. The van der Waals surface area contributed by atoms with Crippen molar-refractivity contribution >= 4 is 34.4 Å². The Kier molecular flexibility index (Phi) is 13.2. The van der Waals surface area contributed by atoms with E-state index < -0.39 is 36.8 Å². The first-order valence-electron chi connectivity index (χ1n) is 12.6. The number of hydrogen-bond acceptors (Lipinski definition) is 6. The summed E-state index contributed by atoms with van der Waals surface area (Å²) in [5, 5.41) is 17.2. The second-order valence-corrected chi connectivity index (χ2v) is 8.96. The van der Waals surface area contributed by atoms with Crippen LogP contribution in [0.15, 0.2) is 78.9 Å². The van der Waals surface area contributed by atoms with E-state index in [1.54, 1.807) is 6.92 Å². The summed E-state index contributed by atoms with van der Waals surface area (Å²) >= 11 is 0. The first-order chi connectivity index (χ1) is 18.2. The minimum absolute atomic E-state index is 0.105. The number of fused-ring (bicyclic) bond motifs is 1. The molecular formula is C30H36N2O6. The SMILES string of the molecule is CC(=O)OCC(=O)C(CC(=O)O)NCC(C)NC(=O)CCCc1ccccc1.c1ccc2ccccc2c1. The molecule has 3 N–H and O–H groups in total. The molecule has 0 spiro atoms. The van der Waals surface area contributed by atoms with Crippen molar-refractivity contribution in [1.29, 1.82) is 0 Å². The van der Waals surface area contributed by atoms with Crippen molar-refractivity contribution in [3.63, 3.8) is 0 Å². The highest BCUT2D eigenvalue weighted by Gasteiger charge is 2.23. The standard InChI is InChI=1S/C20H28N2O6.C10H8/c1-14(22-19(25)10-6-9-16-7-4-3-5-8-16)12-21-17(11-20(26)27)18(24)13-28-15(2)23;1-2-6-10-8-4-3-7-9(10)5-1/h3-5,7-8,14,17,21H,6,9-13H2,1-2H3,(H,22,25)(H,26,27);1-8H. The molecule has 38 heavy (non-hydrogen) atoms. The van der Waals surface area contributed by atoms with Crippen LogP contribution in [0.5, 0.6) is 0 Å². The molecule has 0 aliphatic carbocycles. The zero-order valence-electron chi connectivity index (χ0n) is 21.9. The van der Waals surface area contributed by atoms with Gasteiger partial charge in [-0.2, -0.15) is 0 Å². The second kappa shape index (κ2) is 16.7. The van der Waals surface area contributed by atoms with Gasteiger partial charge in [-0.25, -0.2) is 0 Å². The minimum atomic E-state index is -1.15. The quantitative estimate of drug-likeness (QED) is 0.292. The van der Waals surface area contributed by atoms with E-state index in [0.29, 0.717) is 6.42 Å². The molecule has 0 heterocycles. The summed E-state index contributed by atoms with van der Waals surface area (Å²) in [7, 11) is 0. The molecule has 0 saturated heterocycles. The maximum absolute atomic E-state index is 12.0. The normalized spacial score (nSPS) is 11.9. The molecule has 8 nitrogen and oxygen atoms in total. The van der Waals surface area contributed by atoms with Gasteiger partial charge in [0.25, 0.3) is 0 Å². The van der Waals surface area contributed by atoms with Gasteiger partial charge in [0.2, 0.25) is 5.91 Å². The van der Waals surface area contributed by atoms with Crippen molar-refractivity contribution in [2.75, 3.05) is 13.2 Å². The molecule has 0 saturated carbocycles. The number of benzene rings is 3. The summed E-state index contributed by atoms with van der Waals surface area (Å²) in [6, 6.07) is 25.3. The number of hydrogen-bond donors (Lipinski definition) is 3. The van der Waals surface area contributed by atoms with Crippen LogP contribution in [0.2, 0.25) is 0 Å². The molecule has 2 atom stereocenters. The van der Waals surface area contributed by atoms with Gasteiger partial charge in [-0.3, -0.25) is 19.2 Å². The van der Waals surface area contributed by atoms with Crippen LogP contribution in [-0.4, -0.2) is 54.0 Å². The Morgan fingerprint density at radius 1 is 0.868 bits per heavy atom. The summed E-state index contributed by atoms with van der Waals surface area (Å²) in [6.07, 6.45) is 1.48. The largest absolute Gasteiger partial charge is 0.481 e. The average Bonchev–Trinajstić information content (AvgIpc) is 2.90. The van der Waals surface area contributed by atoms with Crippen LogP contribution in [0.4, 0.5) is 0 Å². The number of carboxylic acids is 1. The van der Waals surface area contributed by atoms with Crippen LogP contribution in [-0.2, 0) is 30.3 Å². The van der Waals surface area contributed by atoms with Crippen molar-refractivity contribution in [3.05, 3.63) is 84.4 Å². The Balaban J connectivity index is 0.000000415. The van der Waals surface area contributed by atoms with Gasteiger partial charge in [-0.1, -0.05) is 78.9 Å². The monoisotopic (exact) mass is 520 g/mol. The molecule has 0 fully saturated rings. The van der Waals surface area contributed by atoms with E-state index in [2.05, 4.69) is 63.9 Å². The number of amides is 1. The molecular weight excluding hydrogens is 484 g/mol. The summed E-state index contributed by atoms with van der Waals surface area (Å²) in [4.78, 5) is 45.8. The number of carboxylic acid groups (broad SMARTS) is 1. The summed E-state index contributed by atoms with van der Waals surface area (Å²) in [5.41, 5.74) is 1.17. The zero-order chi connectivity index (χ0) is 27.8. The van der Waals surface area contributed by atoms with Gasteiger partial charge < -0.3 is 20.5 Å².